The fourth-order valence-electron chi connectivity index (χ4n) is 1.62. The van der Waals surface area contributed by atoms with Gasteiger partial charge in [0.1, 0.15) is 0 Å². The van der Waals surface area contributed by atoms with Crippen molar-refractivity contribution in [3.05, 3.63) is 61.8 Å². The smallest absolute Gasteiger partial charge is 0.309 e. The van der Waals surface area contributed by atoms with E-state index in [1.54, 1.807) is 18.2 Å². The van der Waals surface area contributed by atoms with E-state index in [1.165, 1.54) is 12.1 Å². The van der Waals surface area contributed by atoms with Crippen molar-refractivity contribution < 1.29 is 13.1 Å². The molecule has 0 atom stereocenters. The molecule has 0 aliphatic heterocycles. The molecule has 0 fully saturated rings. The Hall–Kier alpha value is -0.820. The predicted octanol–water partition coefficient (Wildman–Crippen LogP) is 3.36. The summed E-state index contributed by atoms with van der Waals surface area (Å²) in [6, 6.07) is 7.43. The van der Waals surface area contributed by atoms with Crippen molar-refractivity contribution in [1.29, 1.82) is 0 Å². The van der Waals surface area contributed by atoms with Crippen molar-refractivity contribution in [2.75, 3.05) is 0 Å². The molecule has 20 heavy (non-hydrogen) atoms. The van der Waals surface area contributed by atoms with Gasteiger partial charge < -0.3 is 5.21 Å². The summed E-state index contributed by atoms with van der Waals surface area (Å²) >= 11 is 15.0. The minimum Gasteiger partial charge on any atom is -0.618 e. The number of hydrogen-bond acceptors (Lipinski definition) is 3. The van der Waals surface area contributed by atoms with Crippen molar-refractivity contribution in [3.8, 4) is 0 Å². The molecule has 0 unspecified atom stereocenters. The summed E-state index contributed by atoms with van der Waals surface area (Å²) in [5.74, 6) is -0.435. The average molecular weight is 397 g/mol. The summed E-state index contributed by atoms with van der Waals surface area (Å²) in [7, 11) is -3.85. The second-order valence-corrected chi connectivity index (χ2v) is 7.64. The van der Waals surface area contributed by atoms with Crippen LogP contribution in [-0.2, 0) is 15.6 Å². The molecule has 8 heteroatoms. The Morgan fingerprint density at radius 3 is 2.30 bits per heavy atom. The van der Waals surface area contributed by atoms with Gasteiger partial charge in [0, 0.05) is 21.7 Å². The van der Waals surface area contributed by atoms with Gasteiger partial charge in [0.25, 0.3) is 0 Å². The second-order valence-electron chi connectivity index (χ2n) is 3.97. The number of aromatic nitrogens is 1. The molecule has 0 aliphatic rings. The molecule has 2 aromatic rings. The maximum atomic E-state index is 12.3. The fourth-order valence-corrected chi connectivity index (χ4v) is 4.07. The highest BCUT2D eigenvalue weighted by Crippen LogP contribution is 2.27. The van der Waals surface area contributed by atoms with E-state index in [2.05, 4.69) is 15.9 Å². The molecular formula is C12H8BrCl2NO3S. The summed E-state index contributed by atoms with van der Waals surface area (Å²) in [4.78, 5) is 0. The summed E-state index contributed by atoms with van der Waals surface area (Å²) in [5, 5.41) is 11.8. The number of benzene rings is 1. The van der Waals surface area contributed by atoms with Crippen LogP contribution in [0.2, 0.25) is 10.0 Å². The summed E-state index contributed by atoms with van der Waals surface area (Å²) in [6.45, 7) is 0. The molecule has 0 saturated heterocycles. The largest absolute Gasteiger partial charge is 0.618 e. The van der Waals surface area contributed by atoms with Gasteiger partial charge in [-0.1, -0.05) is 29.3 Å². The van der Waals surface area contributed by atoms with E-state index >= 15 is 0 Å². The van der Waals surface area contributed by atoms with Gasteiger partial charge in [-0.2, -0.15) is 4.73 Å². The van der Waals surface area contributed by atoms with Crippen molar-refractivity contribution >= 4 is 49.0 Å². The highest BCUT2D eigenvalue weighted by molar-refractivity contribution is 9.10. The van der Waals surface area contributed by atoms with Crippen molar-refractivity contribution in [2.24, 2.45) is 0 Å². The topological polar surface area (TPSA) is 61.1 Å². The molecule has 0 N–H and O–H groups in total. The molecule has 0 aliphatic carbocycles. The fraction of sp³-hybridized carbons (Fsp3) is 0.0833. The highest BCUT2D eigenvalue weighted by Gasteiger charge is 2.26. The van der Waals surface area contributed by atoms with Crippen LogP contribution >= 0.6 is 39.1 Å². The van der Waals surface area contributed by atoms with Crippen LogP contribution < -0.4 is 4.73 Å². The SMILES string of the molecule is O=S(=O)(Cc1c(Cl)cccc1Cl)c1ccc(Br)c[n+]1[O-]. The first-order chi connectivity index (χ1) is 9.31. The first kappa shape index (κ1) is 15.6. The Bertz CT molecular complexity index is 745. The zero-order valence-electron chi connectivity index (χ0n) is 9.89. The number of hydrogen-bond donors (Lipinski definition) is 0. The first-order valence-corrected chi connectivity index (χ1v) is 8.56. The van der Waals surface area contributed by atoms with Crippen molar-refractivity contribution in [1.82, 2.24) is 0 Å². The highest BCUT2D eigenvalue weighted by atomic mass is 79.9. The van der Waals surface area contributed by atoms with E-state index in [0.717, 1.165) is 6.20 Å². The van der Waals surface area contributed by atoms with E-state index in [4.69, 9.17) is 23.2 Å². The minimum absolute atomic E-state index is 0.246. The molecule has 2 rings (SSSR count). The van der Waals surface area contributed by atoms with Crippen molar-refractivity contribution in [3.63, 3.8) is 0 Å². The Labute approximate surface area is 134 Å². The Morgan fingerprint density at radius 1 is 1.15 bits per heavy atom. The monoisotopic (exact) mass is 395 g/mol. The van der Waals surface area contributed by atoms with Gasteiger partial charge in [0.2, 0.25) is 9.84 Å². The first-order valence-electron chi connectivity index (χ1n) is 5.35. The van der Waals surface area contributed by atoms with Gasteiger partial charge in [0.05, 0.1) is 10.2 Å². The Kier molecular flexibility index (Phi) is 4.59. The quantitative estimate of drug-likeness (QED) is 0.590. The molecule has 4 nitrogen and oxygen atoms in total. The molecule has 0 bridgehead atoms. The molecule has 0 saturated carbocycles. The van der Waals surface area contributed by atoms with Gasteiger partial charge in [-0.05, 0) is 34.1 Å². The van der Waals surface area contributed by atoms with E-state index < -0.39 is 15.6 Å². The molecule has 1 aromatic heterocycles. The zero-order chi connectivity index (χ0) is 14.9. The summed E-state index contributed by atoms with van der Waals surface area (Å²) < 4.78 is 25.4. The van der Waals surface area contributed by atoms with Crippen LogP contribution in [0.15, 0.2) is 46.0 Å². The van der Waals surface area contributed by atoms with Crippen LogP contribution in [0.3, 0.4) is 0 Å². The van der Waals surface area contributed by atoms with E-state index in [-0.39, 0.29) is 20.6 Å². The predicted molar refractivity (Wildman–Crippen MR) is 80.5 cm³/mol. The third kappa shape index (κ3) is 3.25. The second kappa shape index (κ2) is 5.89. The van der Waals surface area contributed by atoms with Crippen LogP contribution in [-0.4, -0.2) is 8.42 Å². The van der Waals surface area contributed by atoms with Crippen LogP contribution in [0.4, 0.5) is 0 Å². The molecule has 0 amide bonds. The lowest BCUT2D eigenvalue weighted by atomic mass is 10.2. The van der Waals surface area contributed by atoms with E-state index in [0.29, 0.717) is 9.20 Å². The molecule has 1 heterocycles. The number of nitrogens with zero attached hydrogens (tertiary/aromatic N) is 1. The third-order valence-electron chi connectivity index (χ3n) is 2.56. The standard InChI is InChI=1S/C12H8BrCl2NO3S/c13-8-4-5-12(16(17)6-8)20(18,19)7-9-10(14)2-1-3-11(9)15/h1-6H,7H2. The average Bonchev–Trinajstić information content (AvgIpc) is 2.33. The number of pyridine rings is 1. The Balaban J connectivity index is 2.46. The molecule has 0 spiro atoms. The third-order valence-corrected chi connectivity index (χ3v) is 5.36. The molecule has 0 radical (unpaired) electrons. The van der Waals surface area contributed by atoms with Crippen LogP contribution in [0.1, 0.15) is 5.56 Å². The lowest BCUT2D eigenvalue weighted by molar-refractivity contribution is -0.647. The lowest BCUT2D eigenvalue weighted by Gasteiger charge is -2.08. The number of sulfone groups is 1. The normalized spacial score (nSPS) is 11.6. The zero-order valence-corrected chi connectivity index (χ0v) is 13.8. The number of rotatable bonds is 3. The molecule has 1 aromatic carbocycles. The van der Waals surface area contributed by atoms with Gasteiger partial charge >= 0.3 is 5.03 Å². The van der Waals surface area contributed by atoms with E-state index in [9.17, 15) is 13.6 Å². The van der Waals surface area contributed by atoms with Gasteiger partial charge in [-0.25, -0.2) is 8.42 Å². The van der Waals surface area contributed by atoms with Gasteiger partial charge in [0.15, 0.2) is 6.20 Å². The van der Waals surface area contributed by atoms with Crippen LogP contribution in [0.5, 0.6) is 0 Å². The summed E-state index contributed by atoms with van der Waals surface area (Å²) in [6.07, 6.45) is 1.13. The minimum atomic E-state index is -3.85. The maximum Gasteiger partial charge on any atom is 0.309 e. The van der Waals surface area contributed by atoms with Crippen molar-refractivity contribution in [2.45, 2.75) is 10.8 Å². The summed E-state index contributed by atoms with van der Waals surface area (Å²) in [5.41, 5.74) is 0.277. The van der Waals surface area contributed by atoms with Crippen LogP contribution in [0, 0.1) is 5.21 Å². The number of halogens is 3. The molecular weight excluding hydrogens is 389 g/mol. The lowest BCUT2D eigenvalue weighted by Crippen LogP contribution is -2.34. The maximum absolute atomic E-state index is 12.3. The van der Waals surface area contributed by atoms with Gasteiger partial charge in [-0.3, -0.25) is 0 Å². The van der Waals surface area contributed by atoms with E-state index in [1.807, 2.05) is 0 Å². The van der Waals surface area contributed by atoms with Gasteiger partial charge in [-0.15, -0.1) is 0 Å². The Morgan fingerprint density at radius 2 is 1.75 bits per heavy atom. The molecule has 106 valence electrons. The van der Waals surface area contributed by atoms with Crippen LogP contribution in [0.25, 0.3) is 0 Å².